The number of ketones is 1. The van der Waals surface area contributed by atoms with Crippen LogP contribution in [0, 0.1) is 0 Å². The predicted octanol–water partition coefficient (Wildman–Crippen LogP) is 4.26. The van der Waals surface area contributed by atoms with Crippen molar-refractivity contribution in [1.82, 2.24) is 15.3 Å². The van der Waals surface area contributed by atoms with Crippen LogP contribution in [-0.4, -0.2) is 28.2 Å². The molecule has 140 valence electrons. The van der Waals surface area contributed by atoms with Crippen molar-refractivity contribution in [3.8, 4) is 0 Å². The highest BCUT2D eigenvalue weighted by Gasteiger charge is 2.20. The van der Waals surface area contributed by atoms with E-state index in [1.54, 1.807) is 12.3 Å². The molecule has 0 aliphatic heterocycles. The molecular formula is C23H21N3O2. The average molecular weight is 371 g/mol. The van der Waals surface area contributed by atoms with Crippen LogP contribution < -0.4 is 5.32 Å². The number of aromatic amines is 2. The summed E-state index contributed by atoms with van der Waals surface area (Å²) < 4.78 is 0. The third kappa shape index (κ3) is 3.47. The van der Waals surface area contributed by atoms with E-state index in [4.69, 9.17) is 0 Å². The first-order valence-corrected chi connectivity index (χ1v) is 9.22. The fraction of sp³-hybridized carbons (Fsp3) is 0.130. The number of carbonyl (C=O) groups is 2. The number of aromatic nitrogens is 2. The number of hydrogen-bond donors (Lipinski definition) is 3. The van der Waals surface area contributed by atoms with Crippen LogP contribution in [0.5, 0.6) is 0 Å². The van der Waals surface area contributed by atoms with Crippen LogP contribution in [-0.2, 0) is 0 Å². The van der Waals surface area contributed by atoms with Gasteiger partial charge in [0.25, 0.3) is 5.91 Å². The SMILES string of the molecule is CC(=O)c1c[nH]c(C(=O)NCC(c2ccccc2)c2c[nH]c3ccccc23)c1. The molecule has 0 aliphatic rings. The van der Waals surface area contributed by atoms with E-state index in [1.807, 2.05) is 42.6 Å². The molecule has 0 spiro atoms. The molecule has 2 heterocycles. The maximum Gasteiger partial charge on any atom is 0.267 e. The summed E-state index contributed by atoms with van der Waals surface area (Å²) in [5.41, 5.74) is 4.22. The molecule has 2 aromatic heterocycles. The molecule has 0 fully saturated rings. The first-order chi connectivity index (χ1) is 13.6. The predicted molar refractivity (Wildman–Crippen MR) is 110 cm³/mol. The topological polar surface area (TPSA) is 77.8 Å². The van der Waals surface area contributed by atoms with Gasteiger partial charge in [-0.05, 0) is 30.2 Å². The Labute approximate surface area is 162 Å². The van der Waals surface area contributed by atoms with Crippen LogP contribution in [0.1, 0.15) is 44.8 Å². The first-order valence-electron chi connectivity index (χ1n) is 9.22. The van der Waals surface area contributed by atoms with Crippen molar-refractivity contribution in [3.63, 3.8) is 0 Å². The summed E-state index contributed by atoms with van der Waals surface area (Å²) in [6.07, 6.45) is 3.57. The molecule has 0 saturated heterocycles. The Hall–Kier alpha value is -3.60. The third-order valence-electron chi connectivity index (χ3n) is 5.00. The van der Waals surface area contributed by atoms with Gasteiger partial charge in [0.15, 0.2) is 5.78 Å². The summed E-state index contributed by atoms with van der Waals surface area (Å²) in [6.45, 7) is 1.92. The van der Waals surface area contributed by atoms with Gasteiger partial charge in [0.1, 0.15) is 5.69 Å². The number of rotatable bonds is 6. The molecule has 28 heavy (non-hydrogen) atoms. The van der Waals surface area contributed by atoms with Crippen LogP contribution in [0.2, 0.25) is 0 Å². The molecule has 1 amide bonds. The van der Waals surface area contributed by atoms with Gasteiger partial charge in [-0.3, -0.25) is 9.59 Å². The molecule has 1 atom stereocenters. The molecule has 3 N–H and O–H groups in total. The van der Waals surface area contributed by atoms with Gasteiger partial charge in [-0.25, -0.2) is 0 Å². The van der Waals surface area contributed by atoms with E-state index in [0.29, 0.717) is 17.8 Å². The normalized spacial score (nSPS) is 12.0. The van der Waals surface area contributed by atoms with Gasteiger partial charge in [0.2, 0.25) is 0 Å². The summed E-state index contributed by atoms with van der Waals surface area (Å²) in [5, 5.41) is 4.15. The zero-order valence-corrected chi connectivity index (χ0v) is 15.5. The molecule has 4 aromatic rings. The number of fused-ring (bicyclic) bond motifs is 1. The second-order valence-electron chi connectivity index (χ2n) is 6.82. The largest absolute Gasteiger partial charge is 0.361 e. The number of Topliss-reactive ketones (excluding diaryl/α,β-unsaturated/α-hetero) is 1. The lowest BCUT2D eigenvalue weighted by Gasteiger charge is -2.18. The van der Waals surface area contributed by atoms with Crippen LogP contribution in [0.3, 0.4) is 0 Å². The van der Waals surface area contributed by atoms with Crippen LogP contribution in [0.25, 0.3) is 10.9 Å². The highest BCUT2D eigenvalue weighted by atomic mass is 16.2. The smallest absolute Gasteiger partial charge is 0.267 e. The van der Waals surface area contributed by atoms with E-state index in [9.17, 15) is 9.59 Å². The van der Waals surface area contributed by atoms with E-state index in [2.05, 4.69) is 33.5 Å². The lowest BCUT2D eigenvalue weighted by molar-refractivity contribution is 0.0948. The van der Waals surface area contributed by atoms with Crippen molar-refractivity contribution in [2.24, 2.45) is 0 Å². The van der Waals surface area contributed by atoms with Crippen molar-refractivity contribution in [1.29, 1.82) is 0 Å². The molecule has 5 nitrogen and oxygen atoms in total. The van der Waals surface area contributed by atoms with Gasteiger partial charge >= 0.3 is 0 Å². The number of amides is 1. The van der Waals surface area contributed by atoms with Crippen LogP contribution in [0.4, 0.5) is 0 Å². The Balaban J connectivity index is 1.61. The number of carbonyl (C=O) groups excluding carboxylic acids is 2. The number of nitrogens with one attached hydrogen (secondary N) is 3. The summed E-state index contributed by atoms with van der Waals surface area (Å²) in [4.78, 5) is 30.2. The molecule has 1 unspecified atom stereocenters. The van der Waals surface area contributed by atoms with E-state index in [0.717, 1.165) is 22.0 Å². The third-order valence-corrected chi connectivity index (χ3v) is 5.00. The zero-order valence-electron chi connectivity index (χ0n) is 15.5. The molecule has 4 rings (SSSR count). The standard InChI is InChI=1S/C23H21N3O2/c1-15(27)17-11-22(24-12-17)23(28)26-13-19(16-7-3-2-4-8-16)20-14-25-21-10-6-5-9-18(20)21/h2-12,14,19,24-25H,13H2,1H3,(H,26,28). The van der Waals surface area contributed by atoms with Gasteiger partial charge < -0.3 is 15.3 Å². The molecule has 0 bridgehead atoms. The minimum atomic E-state index is -0.228. The number of benzene rings is 2. The Morgan fingerprint density at radius 3 is 2.46 bits per heavy atom. The van der Waals surface area contributed by atoms with Crippen molar-refractivity contribution in [2.45, 2.75) is 12.8 Å². The summed E-state index contributed by atoms with van der Waals surface area (Å²) in [7, 11) is 0. The Bertz CT molecular complexity index is 1120. The fourth-order valence-electron chi connectivity index (χ4n) is 3.49. The quantitative estimate of drug-likeness (QED) is 0.443. The first kappa shape index (κ1) is 17.8. The highest BCUT2D eigenvalue weighted by molar-refractivity contribution is 5.99. The monoisotopic (exact) mass is 371 g/mol. The minimum Gasteiger partial charge on any atom is -0.361 e. The lowest BCUT2D eigenvalue weighted by Crippen LogP contribution is -2.29. The molecular weight excluding hydrogens is 350 g/mol. The maximum atomic E-state index is 12.6. The van der Waals surface area contributed by atoms with E-state index >= 15 is 0 Å². The summed E-state index contributed by atoms with van der Waals surface area (Å²) >= 11 is 0. The van der Waals surface area contributed by atoms with Gasteiger partial charge in [-0.1, -0.05) is 48.5 Å². The summed E-state index contributed by atoms with van der Waals surface area (Å²) in [6, 6.07) is 19.9. The molecule has 5 heteroatoms. The molecule has 0 radical (unpaired) electrons. The molecule has 0 saturated carbocycles. The minimum absolute atomic E-state index is 0.00328. The second-order valence-corrected chi connectivity index (χ2v) is 6.82. The molecule has 2 aromatic carbocycles. The van der Waals surface area contributed by atoms with Crippen LogP contribution >= 0.6 is 0 Å². The van der Waals surface area contributed by atoms with Crippen molar-refractivity contribution >= 4 is 22.6 Å². The van der Waals surface area contributed by atoms with Gasteiger partial charge in [0, 0.05) is 41.3 Å². The van der Waals surface area contributed by atoms with Crippen molar-refractivity contribution in [3.05, 3.63) is 95.4 Å². The zero-order chi connectivity index (χ0) is 19.5. The van der Waals surface area contributed by atoms with Crippen LogP contribution in [0.15, 0.2) is 73.1 Å². The van der Waals surface area contributed by atoms with Crippen molar-refractivity contribution in [2.75, 3.05) is 6.54 Å². The Kier molecular flexibility index (Phi) is 4.81. The van der Waals surface area contributed by atoms with E-state index in [-0.39, 0.29) is 17.6 Å². The Morgan fingerprint density at radius 2 is 1.71 bits per heavy atom. The van der Waals surface area contributed by atoms with E-state index < -0.39 is 0 Å². The van der Waals surface area contributed by atoms with Gasteiger partial charge in [-0.15, -0.1) is 0 Å². The van der Waals surface area contributed by atoms with Crippen molar-refractivity contribution < 1.29 is 9.59 Å². The summed E-state index contributed by atoms with van der Waals surface area (Å²) in [5.74, 6) is -0.298. The number of H-pyrrole nitrogens is 2. The second kappa shape index (κ2) is 7.56. The van der Waals surface area contributed by atoms with E-state index in [1.165, 1.54) is 6.92 Å². The van der Waals surface area contributed by atoms with Gasteiger partial charge in [-0.2, -0.15) is 0 Å². The Morgan fingerprint density at radius 1 is 0.964 bits per heavy atom. The lowest BCUT2D eigenvalue weighted by atomic mass is 9.91. The van der Waals surface area contributed by atoms with Gasteiger partial charge in [0.05, 0.1) is 0 Å². The number of para-hydroxylation sites is 1. The highest BCUT2D eigenvalue weighted by Crippen LogP contribution is 2.30. The average Bonchev–Trinajstić information content (AvgIpc) is 3.37. The fourth-order valence-corrected chi connectivity index (χ4v) is 3.49. The maximum absolute atomic E-state index is 12.6. The molecule has 0 aliphatic carbocycles. The number of hydrogen-bond acceptors (Lipinski definition) is 2.